The number of hydrogen-bond acceptors (Lipinski definition) is 6. The lowest BCUT2D eigenvalue weighted by Gasteiger charge is -2.18. The number of carbonyl (C=O) groups is 5. The van der Waals surface area contributed by atoms with Gasteiger partial charge in [0.15, 0.2) is 0 Å². The second-order valence-electron chi connectivity index (χ2n) is 4.85. The second kappa shape index (κ2) is 14.9. The Bertz CT molecular complexity index is 455. The highest BCUT2D eigenvalue weighted by atomic mass is 16.4. The third-order valence-electron chi connectivity index (χ3n) is 2.80. The first-order valence-corrected chi connectivity index (χ1v) is 7.53. The summed E-state index contributed by atoms with van der Waals surface area (Å²) in [5, 5.41) is 30.6. The average molecular weight is 363 g/mol. The van der Waals surface area contributed by atoms with Crippen molar-refractivity contribution < 1.29 is 39.3 Å². The molecule has 2 amide bonds. The van der Waals surface area contributed by atoms with E-state index in [-0.39, 0.29) is 12.8 Å². The fourth-order valence-electron chi connectivity index (χ4n) is 1.63. The van der Waals surface area contributed by atoms with Gasteiger partial charge in [-0.1, -0.05) is 0 Å². The third-order valence-corrected chi connectivity index (χ3v) is 2.80. The molecule has 1 unspecified atom stereocenters. The highest BCUT2D eigenvalue weighted by Crippen LogP contribution is 2.02. The van der Waals surface area contributed by atoms with Gasteiger partial charge in [-0.2, -0.15) is 0 Å². The Morgan fingerprint density at radius 3 is 1.76 bits per heavy atom. The topological polar surface area (TPSA) is 196 Å². The normalized spacial score (nSPS) is 11.9. The number of nitrogens with two attached hydrogens (primary N) is 1. The lowest BCUT2D eigenvalue weighted by molar-refractivity contribution is -0.140. The van der Waals surface area contributed by atoms with Gasteiger partial charge in [-0.05, 0) is 39.2 Å². The second-order valence-corrected chi connectivity index (χ2v) is 4.85. The minimum absolute atomic E-state index is 0.160. The van der Waals surface area contributed by atoms with Gasteiger partial charge in [-0.15, -0.1) is 0 Å². The predicted molar refractivity (Wildman–Crippen MR) is 86.0 cm³/mol. The van der Waals surface area contributed by atoms with Crippen molar-refractivity contribution in [1.82, 2.24) is 10.6 Å². The first kappa shape index (κ1) is 24.6. The summed E-state index contributed by atoms with van der Waals surface area (Å²) >= 11 is 0. The minimum Gasteiger partial charge on any atom is -0.481 e. The molecule has 11 heteroatoms. The number of carbonyl (C=O) groups excluding carboxylic acids is 2. The molecule has 0 aromatic heterocycles. The molecule has 0 bridgehead atoms. The van der Waals surface area contributed by atoms with Gasteiger partial charge in [0.05, 0.1) is 0 Å². The number of aliphatic carboxylic acids is 3. The summed E-state index contributed by atoms with van der Waals surface area (Å²) in [7, 11) is 0. The van der Waals surface area contributed by atoms with Crippen molar-refractivity contribution in [2.24, 2.45) is 5.73 Å². The van der Waals surface area contributed by atoms with Gasteiger partial charge in [0.1, 0.15) is 18.4 Å². The first-order valence-electron chi connectivity index (χ1n) is 7.53. The number of hydrogen-bond donors (Lipinski definition) is 6. The maximum Gasteiger partial charge on any atom is 0.326 e. The van der Waals surface area contributed by atoms with Crippen LogP contribution in [0.5, 0.6) is 0 Å². The zero-order chi connectivity index (χ0) is 19.8. The van der Waals surface area contributed by atoms with E-state index in [0.717, 1.165) is 6.29 Å². The highest BCUT2D eigenvalue weighted by molar-refractivity contribution is 5.86. The molecule has 0 saturated heterocycles. The smallest absolute Gasteiger partial charge is 0.326 e. The third kappa shape index (κ3) is 14.6. The monoisotopic (exact) mass is 363 g/mol. The van der Waals surface area contributed by atoms with Crippen LogP contribution in [0.15, 0.2) is 0 Å². The molecule has 0 spiro atoms. The van der Waals surface area contributed by atoms with Crippen LogP contribution in [0, 0.1) is 0 Å². The number of aldehydes is 1. The molecule has 0 fully saturated rings. The van der Waals surface area contributed by atoms with Gasteiger partial charge in [-0.25, -0.2) is 14.4 Å². The number of carboxylic acid groups (broad SMARTS) is 3. The van der Waals surface area contributed by atoms with Crippen LogP contribution in [0.4, 0.5) is 4.79 Å². The Hall–Kier alpha value is -2.69. The maximum atomic E-state index is 11.6. The molecule has 25 heavy (non-hydrogen) atoms. The molecule has 0 heterocycles. The molecule has 0 aliphatic rings. The van der Waals surface area contributed by atoms with E-state index >= 15 is 0 Å². The Balaban J connectivity index is 0. The summed E-state index contributed by atoms with van der Waals surface area (Å²) in [6.07, 6.45) is 1.27. The molecule has 0 aliphatic heterocycles. The Morgan fingerprint density at radius 1 is 0.960 bits per heavy atom. The van der Waals surface area contributed by atoms with Crippen molar-refractivity contribution in [2.45, 2.75) is 51.1 Å². The lowest BCUT2D eigenvalue weighted by Crippen LogP contribution is -2.51. The fraction of sp³-hybridized carbons (Fsp3) is 0.643. The van der Waals surface area contributed by atoms with Crippen LogP contribution in [0.1, 0.15) is 39.0 Å². The number of amides is 2. The zero-order valence-electron chi connectivity index (χ0n) is 13.9. The molecule has 0 saturated carbocycles. The van der Waals surface area contributed by atoms with Crippen molar-refractivity contribution in [1.29, 1.82) is 0 Å². The number of carboxylic acids is 3. The van der Waals surface area contributed by atoms with Crippen LogP contribution >= 0.6 is 0 Å². The number of nitrogens with one attached hydrogen (secondary N) is 2. The molecule has 11 nitrogen and oxygen atoms in total. The average Bonchev–Trinajstić information content (AvgIpc) is 2.50. The molecule has 0 rings (SSSR count). The summed E-state index contributed by atoms with van der Waals surface area (Å²) in [6.45, 7) is 1.84. The van der Waals surface area contributed by atoms with Gasteiger partial charge in [-0.3, -0.25) is 4.79 Å². The first-order chi connectivity index (χ1) is 11.7. The molecule has 2 atom stereocenters. The van der Waals surface area contributed by atoms with Crippen LogP contribution in [-0.4, -0.2) is 64.2 Å². The number of rotatable bonds is 11. The minimum atomic E-state index is -1.41. The highest BCUT2D eigenvalue weighted by Gasteiger charge is 2.24. The summed E-state index contributed by atoms with van der Waals surface area (Å²) in [6, 6.07) is -3.55. The predicted octanol–water partition coefficient (Wildman–Crippen LogP) is -0.609. The van der Waals surface area contributed by atoms with Crippen LogP contribution in [0.25, 0.3) is 0 Å². The van der Waals surface area contributed by atoms with E-state index in [9.17, 15) is 19.2 Å². The van der Waals surface area contributed by atoms with E-state index in [1.807, 2.05) is 5.32 Å². The molecule has 0 aromatic carbocycles. The Labute approximate surface area is 144 Å². The maximum absolute atomic E-state index is 11.6. The van der Waals surface area contributed by atoms with E-state index in [0.29, 0.717) is 19.4 Å². The quantitative estimate of drug-likeness (QED) is 0.205. The Morgan fingerprint density at radius 2 is 1.40 bits per heavy atom. The van der Waals surface area contributed by atoms with Gasteiger partial charge in [0, 0.05) is 6.42 Å². The number of unbranched alkanes of at least 4 members (excludes halogenated alkanes) is 1. The summed E-state index contributed by atoms with van der Waals surface area (Å²) in [5.74, 6) is -3.84. The van der Waals surface area contributed by atoms with Crippen molar-refractivity contribution in [3.05, 3.63) is 0 Å². The van der Waals surface area contributed by atoms with E-state index < -0.39 is 42.4 Å². The van der Waals surface area contributed by atoms with E-state index in [1.54, 1.807) is 0 Å². The van der Waals surface area contributed by atoms with Gasteiger partial charge < -0.3 is 36.5 Å². The van der Waals surface area contributed by atoms with Crippen LogP contribution < -0.4 is 16.4 Å². The van der Waals surface area contributed by atoms with Gasteiger partial charge >= 0.3 is 23.9 Å². The standard InChI is InChI=1S/C12H21N3O7.C2H4O/c13-6-2-1-3-7(10(18)19)14-12(22)15-8(11(20)21)4-5-9(16)17;1-2-3/h7-8H,1-6,13H2,(H,16,17)(H,18,19)(H,20,21)(H2,14,15,22);2H,1H3/t7-,8?;/m0./s1. The van der Waals surface area contributed by atoms with Crippen LogP contribution in [0.3, 0.4) is 0 Å². The molecule has 0 radical (unpaired) electrons. The summed E-state index contributed by atoms with van der Waals surface area (Å²) in [5.41, 5.74) is 5.29. The van der Waals surface area contributed by atoms with Crippen molar-refractivity contribution in [2.75, 3.05) is 6.54 Å². The summed E-state index contributed by atoms with van der Waals surface area (Å²) < 4.78 is 0. The Kier molecular flexibility index (Phi) is 14.6. The lowest BCUT2D eigenvalue weighted by atomic mass is 10.1. The van der Waals surface area contributed by atoms with E-state index in [4.69, 9.17) is 25.8 Å². The van der Waals surface area contributed by atoms with Crippen LogP contribution in [0.2, 0.25) is 0 Å². The van der Waals surface area contributed by atoms with E-state index in [1.165, 1.54) is 6.92 Å². The van der Waals surface area contributed by atoms with Crippen molar-refractivity contribution in [3.8, 4) is 0 Å². The number of urea groups is 1. The molecule has 7 N–H and O–H groups in total. The molecular weight excluding hydrogens is 338 g/mol. The van der Waals surface area contributed by atoms with E-state index in [2.05, 4.69) is 5.32 Å². The fourth-order valence-corrected chi connectivity index (χ4v) is 1.63. The summed E-state index contributed by atoms with van der Waals surface area (Å²) in [4.78, 5) is 52.8. The van der Waals surface area contributed by atoms with Crippen molar-refractivity contribution in [3.63, 3.8) is 0 Å². The molecular formula is C14H25N3O8. The van der Waals surface area contributed by atoms with Gasteiger partial charge in [0.25, 0.3) is 0 Å². The zero-order valence-corrected chi connectivity index (χ0v) is 13.9. The van der Waals surface area contributed by atoms with Crippen molar-refractivity contribution >= 4 is 30.2 Å². The largest absolute Gasteiger partial charge is 0.481 e. The van der Waals surface area contributed by atoms with Crippen LogP contribution in [-0.2, 0) is 19.2 Å². The molecule has 144 valence electrons. The molecule has 0 aromatic rings. The molecule has 0 aliphatic carbocycles. The van der Waals surface area contributed by atoms with Gasteiger partial charge in [0.2, 0.25) is 0 Å². The SMILES string of the molecule is CC=O.NCCCC[C@H](NC(=O)NC(CCC(=O)O)C(=O)O)C(=O)O.